The first-order chi connectivity index (χ1) is 6.27. The highest BCUT2D eigenvalue weighted by molar-refractivity contribution is 9.10. The van der Waals surface area contributed by atoms with Gasteiger partial charge in [0.2, 0.25) is 0 Å². The standard InChI is InChI=1S/C9H5BrClNO/c10-7-4-2-1-3-6(7)8-5-9(11)12-13-8/h1-5H. The van der Waals surface area contributed by atoms with Crippen molar-refractivity contribution in [1.82, 2.24) is 5.16 Å². The largest absolute Gasteiger partial charge is 0.355 e. The molecule has 66 valence electrons. The van der Waals surface area contributed by atoms with E-state index in [1.165, 1.54) is 0 Å². The molecule has 0 radical (unpaired) electrons. The lowest BCUT2D eigenvalue weighted by molar-refractivity contribution is 0.432. The van der Waals surface area contributed by atoms with Gasteiger partial charge in [-0.15, -0.1) is 0 Å². The van der Waals surface area contributed by atoms with E-state index in [1.807, 2.05) is 24.3 Å². The molecule has 1 aromatic heterocycles. The molecule has 0 aliphatic heterocycles. The fraction of sp³-hybridized carbons (Fsp3) is 0. The highest BCUT2D eigenvalue weighted by atomic mass is 79.9. The number of benzene rings is 1. The third kappa shape index (κ3) is 1.76. The lowest BCUT2D eigenvalue weighted by Gasteiger charge is -1.96. The normalized spacial score (nSPS) is 10.3. The van der Waals surface area contributed by atoms with E-state index in [0.29, 0.717) is 10.9 Å². The van der Waals surface area contributed by atoms with Crippen LogP contribution < -0.4 is 0 Å². The summed E-state index contributed by atoms with van der Waals surface area (Å²) in [7, 11) is 0. The predicted octanol–water partition coefficient (Wildman–Crippen LogP) is 3.76. The van der Waals surface area contributed by atoms with Crippen molar-refractivity contribution in [3.8, 4) is 11.3 Å². The second-order valence-electron chi connectivity index (χ2n) is 2.49. The van der Waals surface area contributed by atoms with Gasteiger partial charge in [-0.05, 0) is 12.1 Å². The van der Waals surface area contributed by atoms with E-state index >= 15 is 0 Å². The number of hydrogen-bond donors (Lipinski definition) is 0. The van der Waals surface area contributed by atoms with Crippen LogP contribution in [0.5, 0.6) is 0 Å². The first kappa shape index (κ1) is 8.78. The summed E-state index contributed by atoms with van der Waals surface area (Å²) < 4.78 is 5.98. The van der Waals surface area contributed by atoms with Crippen LogP contribution in [0.15, 0.2) is 39.3 Å². The maximum atomic E-state index is 5.64. The van der Waals surface area contributed by atoms with Crippen molar-refractivity contribution in [2.45, 2.75) is 0 Å². The van der Waals surface area contributed by atoms with Crippen molar-refractivity contribution in [1.29, 1.82) is 0 Å². The molecule has 0 fully saturated rings. The molecule has 2 rings (SSSR count). The van der Waals surface area contributed by atoms with Gasteiger partial charge in [-0.2, -0.15) is 0 Å². The van der Waals surface area contributed by atoms with Gasteiger partial charge in [0.05, 0.1) is 0 Å². The van der Waals surface area contributed by atoms with Gasteiger partial charge in [-0.1, -0.05) is 44.8 Å². The van der Waals surface area contributed by atoms with E-state index in [2.05, 4.69) is 21.1 Å². The number of nitrogens with zero attached hydrogens (tertiary/aromatic N) is 1. The lowest BCUT2D eigenvalue weighted by atomic mass is 10.2. The van der Waals surface area contributed by atoms with Crippen LogP contribution in [0.3, 0.4) is 0 Å². The number of rotatable bonds is 1. The summed E-state index contributed by atoms with van der Waals surface area (Å²) in [6.45, 7) is 0. The van der Waals surface area contributed by atoms with Gasteiger partial charge in [-0.25, -0.2) is 0 Å². The zero-order valence-corrected chi connectivity index (χ0v) is 8.84. The van der Waals surface area contributed by atoms with Gasteiger partial charge in [-0.3, -0.25) is 0 Å². The van der Waals surface area contributed by atoms with Crippen molar-refractivity contribution < 1.29 is 4.52 Å². The van der Waals surface area contributed by atoms with Crippen LogP contribution in [0.1, 0.15) is 0 Å². The highest BCUT2D eigenvalue weighted by Crippen LogP contribution is 2.29. The molecule has 0 amide bonds. The maximum absolute atomic E-state index is 5.64. The van der Waals surface area contributed by atoms with Crippen molar-refractivity contribution in [2.75, 3.05) is 0 Å². The first-order valence-corrected chi connectivity index (χ1v) is 4.81. The van der Waals surface area contributed by atoms with Crippen LogP contribution in [-0.4, -0.2) is 5.16 Å². The molecule has 0 unspecified atom stereocenters. The van der Waals surface area contributed by atoms with Crippen molar-refractivity contribution in [2.24, 2.45) is 0 Å². The van der Waals surface area contributed by atoms with E-state index < -0.39 is 0 Å². The quantitative estimate of drug-likeness (QED) is 0.778. The Morgan fingerprint density at radius 3 is 2.69 bits per heavy atom. The Hall–Kier alpha value is -0.800. The molecule has 1 heterocycles. The summed E-state index contributed by atoms with van der Waals surface area (Å²) in [5.41, 5.74) is 0.946. The molecule has 2 aromatic rings. The molecule has 0 bridgehead atoms. The van der Waals surface area contributed by atoms with Gasteiger partial charge < -0.3 is 4.52 Å². The van der Waals surface area contributed by atoms with Gasteiger partial charge in [0.15, 0.2) is 10.9 Å². The average molecular weight is 259 g/mol. The average Bonchev–Trinajstić information content (AvgIpc) is 2.53. The minimum atomic E-state index is 0.366. The summed E-state index contributed by atoms with van der Waals surface area (Å²) >= 11 is 9.05. The SMILES string of the molecule is Clc1cc(-c2ccccc2Br)on1. The minimum absolute atomic E-state index is 0.366. The zero-order chi connectivity index (χ0) is 9.26. The van der Waals surface area contributed by atoms with E-state index in [-0.39, 0.29) is 0 Å². The Bertz CT molecular complexity index is 427. The van der Waals surface area contributed by atoms with Crippen LogP contribution in [0, 0.1) is 0 Å². The molecule has 0 saturated carbocycles. The molecule has 0 aliphatic carbocycles. The van der Waals surface area contributed by atoms with Crippen molar-refractivity contribution in [3.63, 3.8) is 0 Å². The fourth-order valence-electron chi connectivity index (χ4n) is 1.04. The molecule has 1 aromatic carbocycles. The molecule has 0 spiro atoms. The molecule has 0 saturated heterocycles. The summed E-state index contributed by atoms with van der Waals surface area (Å²) in [6.07, 6.45) is 0. The van der Waals surface area contributed by atoms with Crippen LogP contribution >= 0.6 is 27.5 Å². The smallest absolute Gasteiger partial charge is 0.172 e. The molecule has 13 heavy (non-hydrogen) atoms. The molecule has 2 nitrogen and oxygen atoms in total. The van der Waals surface area contributed by atoms with Crippen LogP contribution in [0.25, 0.3) is 11.3 Å². The van der Waals surface area contributed by atoms with Gasteiger partial charge in [0, 0.05) is 16.1 Å². The summed E-state index contributed by atoms with van der Waals surface area (Å²) in [4.78, 5) is 0. The highest BCUT2D eigenvalue weighted by Gasteiger charge is 2.07. The number of aromatic nitrogens is 1. The second-order valence-corrected chi connectivity index (χ2v) is 3.74. The minimum Gasteiger partial charge on any atom is -0.355 e. The Kier molecular flexibility index (Phi) is 2.38. The molecule has 0 atom stereocenters. The van der Waals surface area contributed by atoms with Crippen molar-refractivity contribution in [3.05, 3.63) is 40.0 Å². The van der Waals surface area contributed by atoms with Gasteiger partial charge in [0.25, 0.3) is 0 Å². The predicted molar refractivity (Wildman–Crippen MR) is 54.6 cm³/mol. The third-order valence-corrected chi connectivity index (χ3v) is 2.49. The molecular formula is C9H5BrClNO. The fourth-order valence-corrected chi connectivity index (χ4v) is 1.66. The monoisotopic (exact) mass is 257 g/mol. The van der Waals surface area contributed by atoms with E-state index in [0.717, 1.165) is 10.0 Å². The van der Waals surface area contributed by atoms with E-state index in [1.54, 1.807) is 6.07 Å². The van der Waals surface area contributed by atoms with E-state index in [9.17, 15) is 0 Å². The number of hydrogen-bond acceptors (Lipinski definition) is 2. The zero-order valence-electron chi connectivity index (χ0n) is 6.50. The topological polar surface area (TPSA) is 26.0 Å². The third-order valence-electron chi connectivity index (χ3n) is 1.62. The second kappa shape index (κ2) is 3.52. The van der Waals surface area contributed by atoms with Crippen LogP contribution in [-0.2, 0) is 0 Å². The molecule has 0 N–H and O–H groups in total. The Labute approximate surface area is 88.6 Å². The maximum Gasteiger partial charge on any atom is 0.172 e. The van der Waals surface area contributed by atoms with Gasteiger partial charge >= 0.3 is 0 Å². The molecule has 4 heteroatoms. The summed E-state index contributed by atoms with van der Waals surface area (Å²) in [5, 5.41) is 3.97. The van der Waals surface area contributed by atoms with Crippen LogP contribution in [0.2, 0.25) is 5.15 Å². The Morgan fingerprint density at radius 2 is 2.08 bits per heavy atom. The summed E-state index contributed by atoms with van der Waals surface area (Å²) in [6, 6.07) is 9.41. The first-order valence-electron chi connectivity index (χ1n) is 3.64. The van der Waals surface area contributed by atoms with E-state index in [4.69, 9.17) is 16.1 Å². The van der Waals surface area contributed by atoms with Crippen LogP contribution in [0.4, 0.5) is 0 Å². The Morgan fingerprint density at radius 1 is 1.31 bits per heavy atom. The number of halogens is 2. The Balaban J connectivity index is 2.52. The molecule has 0 aliphatic rings. The molecular weight excluding hydrogens is 253 g/mol. The lowest BCUT2D eigenvalue weighted by Crippen LogP contribution is -1.74. The van der Waals surface area contributed by atoms with Gasteiger partial charge in [0.1, 0.15) is 0 Å². The summed E-state index contributed by atoms with van der Waals surface area (Å²) in [5.74, 6) is 0.664. The van der Waals surface area contributed by atoms with Crippen molar-refractivity contribution >= 4 is 27.5 Å².